The number of anilines is 1. The molecule has 122 valence electrons. The Balaban J connectivity index is 1.79. The maximum Gasteiger partial charge on any atom is 0.419 e. The molecule has 0 radical (unpaired) electrons. The van der Waals surface area contributed by atoms with Crippen LogP contribution in [0.15, 0.2) is 36.0 Å². The molecular formula is C14H13F3N4OS. The van der Waals surface area contributed by atoms with Gasteiger partial charge in [-0.3, -0.25) is 4.79 Å². The molecule has 0 aliphatic carbocycles. The Labute approximate surface area is 134 Å². The SMILES string of the molecule is O=C(/C=C\c1nccs1)NCCNc1ncccc1C(F)(F)F. The molecule has 0 aliphatic rings. The minimum absolute atomic E-state index is 0.122. The lowest BCUT2D eigenvalue weighted by Crippen LogP contribution is -2.27. The lowest BCUT2D eigenvalue weighted by molar-refractivity contribution is -0.137. The minimum atomic E-state index is -4.48. The Hall–Kier alpha value is -2.42. The lowest BCUT2D eigenvalue weighted by atomic mass is 10.2. The zero-order chi connectivity index (χ0) is 16.7. The number of thiazole rings is 1. The van der Waals surface area contributed by atoms with Crippen LogP contribution in [0.5, 0.6) is 0 Å². The Bertz CT molecular complexity index is 671. The van der Waals surface area contributed by atoms with Gasteiger partial charge in [-0.25, -0.2) is 9.97 Å². The van der Waals surface area contributed by atoms with Gasteiger partial charge in [-0.15, -0.1) is 11.3 Å². The number of rotatable bonds is 6. The van der Waals surface area contributed by atoms with Crippen LogP contribution in [-0.4, -0.2) is 29.0 Å². The summed E-state index contributed by atoms with van der Waals surface area (Å²) in [5.41, 5.74) is -0.838. The molecule has 2 N–H and O–H groups in total. The number of pyridine rings is 1. The number of hydrogen-bond donors (Lipinski definition) is 2. The molecule has 2 aromatic rings. The van der Waals surface area contributed by atoms with Crippen molar-refractivity contribution >= 4 is 29.1 Å². The van der Waals surface area contributed by atoms with Crippen molar-refractivity contribution in [1.29, 1.82) is 0 Å². The van der Waals surface area contributed by atoms with Crippen LogP contribution >= 0.6 is 11.3 Å². The van der Waals surface area contributed by atoms with E-state index in [0.717, 1.165) is 6.07 Å². The highest BCUT2D eigenvalue weighted by molar-refractivity contribution is 7.10. The van der Waals surface area contributed by atoms with Crippen LogP contribution in [0.25, 0.3) is 6.08 Å². The Morgan fingerprint density at radius 2 is 2.09 bits per heavy atom. The second-order valence-electron chi connectivity index (χ2n) is 4.32. The van der Waals surface area contributed by atoms with E-state index in [0.29, 0.717) is 5.01 Å². The van der Waals surface area contributed by atoms with E-state index in [9.17, 15) is 18.0 Å². The quantitative estimate of drug-likeness (QED) is 0.626. The number of nitrogens with one attached hydrogen (secondary N) is 2. The molecule has 2 aromatic heterocycles. The van der Waals surface area contributed by atoms with E-state index in [1.54, 1.807) is 17.7 Å². The number of aromatic nitrogens is 2. The van der Waals surface area contributed by atoms with Gasteiger partial charge in [0.2, 0.25) is 5.91 Å². The van der Waals surface area contributed by atoms with Crippen LogP contribution < -0.4 is 10.6 Å². The fourth-order valence-corrected chi connectivity index (χ4v) is 2.19. The minimum Gasteiger partial charge on any atom is -0.368 e. The molecule has 0 fully saturated rings. The fourth-order valence-electron chi connectivity index (χ4n) is 1.66. The van der Waals surface area contributed by atoms with E-state index in [4.69, 9.17) is 0 Å². The molecule has 0 saturated carbocycles. The van der Waals surface area contributed by atoms with Crippen LogP contribution in [0.4, 0.5) is 19.0 Å². The zero-order valence-electron chi connectivity index (χ0n) is 11.8. The van der Waals surface area contributed by atoms with E-state index in [1.165, 1.54) is 29.7 Å². The van der Waals surface area contributed by atoms with Gasteiger partial charge < -0.3 is 10.6 Å². The first-order valence-electron chi connectivity index (χ1n) is 6.58. The number of amides is 1. The lowest BCUT2D eigenvalue weighted by Gasteiger charge is -2.13. The van der Waals surface area contributed by atoms with Gasteiger partial charge in [0.15, 0.2) is 0 Å². The fraction of sp³-hybridized carbons (Fsp3) is 0.214. The molecule has 0 bridgehead atoms. The van der Waals surface area contributed by atoms with Crippen molar-refractivity contribution in [2.45, 2.75) is 6.18 Å². The van der Waals surface area contributed by atoms with Crippen molar-refractivity contribution in [3.8, 4) is 0 Å². The molecule has 9 heteroatoms. The average molecular weight is 342 g/mol. The summed E-state index contributed by atoms with van der Waals surface area (Å²) in [4.78, 5) is 19.2. The van der Waals surface area contributed by atoms with Gasteiger partial charge >= 0.3 is 6.18 Å². The summed E-state index contributed by atoms with van der Waals surface area (Å²) >= 11 is 1.39. The van der Waals surface area contributed by atoms with Crippen molar-refractivity contribution in [3.05, 3.63) is 46.6 Å². The number of hydrogen-bond acceptors (Lipinski definition) is 5. The van der Waals surface area contributed by atoms with Crippen molar-refractivity contribution in [2.24, 2.45) is 0 Å². The van der Waals surface area contributed by atoms with E-state index >= 15 is 0 Å². The predicted molar refractivity (Wildman–Crippen MR) is 81.9 cm³/mol. The Morgan fingerprint density at radius 1 is 1.26 bits per heavy atom. The summed E-state index contributed by atoms with van der Waals surface area (Å²) in [5.74, 6) is -0.605. The standard InChI is InChI=1S/C14H13F3N4OS/c15-14(16,17)10-2-1-5-20-13(10)21-7-6-18-11(22)3-4-12-19-8-9-23-12/h1-5,8-9H,6-7H2,(H,18,22)(H,20,21)/b4-3-. The molecule has 0 aromatic carbocycles. The molecule has 5 nitrogen and oxygen atoms in total. The van der Waals surface area contributed by atoms with Crippen LogP contribution in [0.2, 0.25) is 0 Å². The molecule has 23 heavy (non-hydrogen) atoms. The number of nitrogens with zero attached hydrogens (tertiary/aromatic N) is 2. The molecule has 0 saturated heterocycles. The van der Waals surface area contributed by atoms with E-state index in [1.807, 2.05) is 0 Å². The van der Waals surface area contributed by atoms with Gasteiger partial charge in [0.05, 0.1) is 5.56 Å². The third kappa shape index (κ3) is 5.37. The summed E-state index contributed by atoms with van der Waals surface area (Å²) in [6.07, 6.45) is 1.30. The highest BCUT2D eigenvalue weighted by Gasteiger charge is 2.33. The summed E-state index contributed by atoms with van der Waals surface area (Å²) in [6, 6.07) is 2.17. The van der Waals surface area contributed by atoms with Crippen molar-refractivity contribution in [3.63, 3.8) is 0 Å². The maximum atomic E-state index is 12.8. The van der Waals surface area contributed by atoms with Gasteiger partial charge in [-0.2, -0.15) is 13.2 Å². The van der Waals surface area contributed by atoms with Gasteiger partial charge in [0, 0.05) is 36.9 Å². The first kappa shape index (κ1) is 16.9. The molecule has 0 atom stereocenters. The molecule has 2 heterocycles. The predicted octanol–water partition coefficient (Wildman–Crippen LogP) is 2.80. The van der Waals surface area contributed by atoms with E-state index in [2.05, 4.69) is 20.6 Å². The number of carbonyl (C=O) groups excluding carboxylic acids is 1. The molecule has 0 unspecified atom stereocenters. The largest absolute Gasteiger partial charge is 0.419 e. The van der Waals surface area contributed by atoms with Gasteiger partial charge in [-0.05, 0) is 18.2 Å². The van der Waals surface area contributed by atoms with Crippen LogP contribution in [0.1, 0.15) is 10.6 Å². The highest BCUT2D eigenvalue weighted by atomic mass is 32.1. The topological polar surface area (TPSA) is 66.9 Å². The van der Waals surface area contributed by atoms with E-state index < -0.39 is 11.7 Å². The Kier molecular flexibility index (Phi) is 5.69. The summed E-state index contributed by atoms with van der Waals surface area (Å²) in [5, 5.41) is 7.60. The smallest absolute Gasteiger partial charge is 0.368 e. The van der Waals surface area contributed by atoms with Crippen molar-refractivity contribution in [1.82, 2.24) is 15.3 Å². The van der Waals surface area contributed by atoms with Crippen LogP contribution in [-0.2, 0) is 11.0 Å². The van der Waals surface area contributed by atoms with Crippen LogP contribution in [0.3, 0.4) is 0 Å². The summed E-state index contributed by atoms with van der Waals surface area (Å²) < 4.78 is 38.3. The summed E-state index contributed by atoms with van der Waals surface area (Å²) in [6.45, 7) is 0.284. The van der Waals surface area contributed by atoms with Gasteiger partial charge in [0.25, 0.3) is 0 Å². The second kappa shape index (κ2) is 7.73. The molecule has 2 rings (SSSR count). The van der Waals surface area contributed by atoms with E-state index in [-0.39, 0.29) is 24.8 Å². The van der Waals surface area contributed by atoms with Crippen molar-refractivity contribution in [2.75, 3.05) is 18.4 Å². The average Bonchev–Trinajstić information content (AvgIpc) is 3.02. The molecule has 0 spiro atoms. The molecule has 0 aliphatic heterocycles. The second-order valence-corrected chi connectivity index (χ2v) is 5.24. The van der Waals surface area contributed by atoms with Gasteiger partial charge in [-0.1, -0.05) is 0 Å². The third-order valence-electron chi connectivity index (χ3n) is 2.66. The number of carbonyl (C=O) groups is 1. The maximum absolute atomic E-state index is 12.8. The monoisotopic (exact) mass is 342 g/mol. The normalized spacial score (nSPS) is 11.6. The Morgan fingerprint density at radius 3 is 2.78 bits per heavy atom. The molecular weight excluding hydrogens is 329 g/mol. The molecule has 1 amide bonds. The third-order valence-corrected chi connectivity index (χ3v) is 3.40. The first-order valence-corrected chi connectivity index (χ1v) is 7.46. The zero-order valence-corrected chi connectivity index (χ0v) is 12.6. The highest BCUT2D eigenvalue weighted by Crippen LogP contribution is 2.33. The number of halogens is 3. The van der Waals surface area contributed by atoms with Crippen LogP contribution in [0, 0.1) is 0 Å². The van der Waals surface area contributed by atoms with Gasteiger partial charge in [0.1, 0.15) is 10.8 Å². The van der Waals surface area contributed by atoms with Crippen molar-refractivity contribution < 1.29 is 18.0 Å². The first-order chi connectivity index (χ1) is 11.0. The number of alkyl halides is 3. The summed E-state index contributed by atoms with van der Waals surface area (Å²) in [7, 11) is 0.